The summed E-state index contributed by atoms with van der Waals surface area (Å²) in [5.74, 6) is 0.0419. The normalized spacial score (nSPS) is 16.1. The lowest BCUT2D eigenvalue weighted by Gasteiger charge is -2.34. The second-order valence-electron chi connectivity index (χ2n) is 5.32. The molecule has 0 spiro atoms. The van der Waals surface area contributed by atoms with Crippen LogP contribution < -0.4 is 4.90 Å². The summed E-state index contributed by atoms with van der Waals surface area (Å²) in [6.07, 6.45) is 0. The fraction of sp³-hybridized carbons (Fsp3) is 0.375. The van der Waals surface area contributed by atoms with Crippen LogP contribution in [0.15, 0.2) is 35.7 Å². The Morgan fingerprint density at radius 2 is 1.90 bits per heavy atom. The summed E-state index contributed by atoms with van der Waals surface area (Å²) < 4.78 is 0. The Kier molecular flexibility index (Phi) is 4.31. The molecule has 0 radical (unpaired) electrons. The van der Waals surface area contributed by atoms with Gasteiger partial charge in [0.15, 0.2) is 10.9 Å². The summed E-state index contributed by atoms with van der Waals surface area (Å²) in [6.45, 7) is 6.57. The summed E-state index contributed by atoms with van der Waals surface area (Å²) in [7, 11) is 0. The van der Waals surface area contributed by atoms with E-state index in [1.165, 1.54) is 5.56 Å². The molecule has 110 valence electrons. The van der Waals surface area contributed by atoms with Crippen molar-refractivity contribution in [3.63, 3.8) is 0 Å². The SMILES string of the molecule is CC(=O)c1csc(N2CCN(Cc3ccccc3)CC2)n1. The Bertz CT molecular complexity index is 603. The number of rotatable bonds is 4. The van der Waals surface area contributed by atoms with Crippen LogP contribution in [0.3, 0.4) is 0 Å². The van der Waals surface area contributed by atoms with Gasteiger partial charge in [-0.15, -0.1) is 11.3 Å². The molecule has 21 heavy (non-hydrogen) atoms. The van der Waals surface area contributed by atoms with Crippen LogP contribution >= 0.6 is 11.3 Å². The number of nitrogens with zero attached hydrogens (tertiary/aromatic N) is 3. The minimum atomic E-state index is 0.0419. The molecular formula is C16H19N3OS. The summed E-state index contributed by atoms with van der Waals surface area (Å²) >= 11 is 1.57. The standard InChI is InChI=1S/C16H19N3OS/c1-13(20)15-12-21-16(17-15)19-9-7-18(8-10-19)11-14-5-3-2-4-6-14/h2-6,12H,7-11H2,1H3. The molecule has 2 aromatic rings. The fourth-order valence-electron chi connectivity index (χ4n) is 2.51. The fourth-order valence-corrected chi connectivity index (χ4v) is 3.43. The van der Waals surface area contributed by atoms with Crippen molar-refractivity contribution in [3.8, 4) is 0 Å². The van der Waals surface area contributed by atoms with Crippen LogP contribution in [-0.2, 0) is 6.54 Å². The van der Waals surface area contributed by atoms with E-state index < -0.39 is 0 Å². The summed E-state index contributed by atoms with van der Waals surface area (Å²) in [6, 6.07) is 10.6. The average Bonchev–Trinajstić information content (AvgIpc) is 2.99. The minimum Gasteiger partial charge on any atom is -0.346 e. The van der Waals surface area contributed by atoms with Crippen molar-refractivity contribution in [2.24, 2.45) is 0 Å². The highest BCUT2D eigenvalue weighted by Gasteiger charge is 2.20. The third-order valence-corrected chi connectivity index (χ3v) is 4.65. The molecule has 0 atom stereocenters. The summed E-state index contributed by atoms with van der Waals surface area (Å²) in [4.78, 5) is 20.5. The topological polar surface area (TPSA) is 36.4 Å². The van der Waals surface area contributed by atoms with Crippen LogP contribution in [0.1, 0.15) is 23.0 Å². The molecule has 1 aliphatic heterocycles. The number of hydrogen-bond acceptors (Lipinski definition) is 5. The third-order valence-electron chi connectivity index (χ3n) is 3.74. The van der Waals surface area contributed by atoms with E-state index in [2.05, 4.69) is 45.1 Å². The van der Waals surface area contributed by atoms with E-state index in [-0.39, 0.29) is 5.78 Å². The van der Waals surface area contributed by atoms with Crippen LogP contribution in [-0.4, -0.2) is 41.8 Å². The van der Waals surface area contributed by atoms with Gasteiger partial charge in [0, 0.05) is 45.0 Å². The lowest BCUT2D eigenvalue weighted by atomic mass is 10.2. The second-order valence-corrected chi connectivity index (χ2v) is 6.16. The number of aromatic nitrogens is 1. The van der Waals surface area contributed by atoms with Crippen molar-refractivity contribution in [3.05, 3.63) is 47.0 Å². The Balaban J connectivity index is 1.56. The van der Waals surface area contributed by atoms with Gasteiger partial charge in [-0.25, -0.2) is 4.98 Å². The Labute approximate surface area is 129 Å². The van der Waals surface area contributed by atoms with Gasteiger partial charge in [-0.05, 0) is 5.56 Å². The molecule has 3 rings (SSSR count). The minimum absolute atomic E-state index is 0.0419. The molecule has 0 saturated carbocycles. The van der Waals surface area contributed by atoms with Gasteiger partial charge in [0.25, 0.3) is 0 Å². The maximum Gasteiger partial charge on any atom is 0.186 e. The zero-order chi connectivity index (χ0) is 14.7. The van der Waals surface area contributed by atoms with E-state index in [0.29, 0.717) is 5.69 Å². The van der Waals surface area contributed by atoms with Gasteiger partial charge in [0.1, 0.15) is 5.69 Å². The highest BCUT2D eigenvalue weighted by atomic mass is 32.1. The monoisotopic (exact) mass is 301 g/mol. The van der Waals surface area contributed by atoms with Gasteiger partial charge in [-0.3, -0.25) is 9.69 Å². The number of benzene rings is 1. The van der Waals surface area contributed by atoms with Gasteiger partial charge in [-0.2, -0.15) is 0 Å². The van der Waals surface area contributed by atoms with Crippen molar-refractivity contribution in [2.75, 3.05) is 31.1 Å². The number of anilines is 1. The first-order chi connectivity index (χ1) is 10.2. The van der Waals surface area contributed by atoms with E-state index in [1.807, 2.05) is 5.38 Å². The maximum atomic E-state index is 11.3. The summed E-state index contributed by atoms with van der Waals surface area (Å²) in [5, 5.41) is 2.83. The molecule has 4 nitrogen and oxygen atoms in total. The Morgan fingerprint density at radius 3 is 2.52 bits per heavy atom. The number of ketones is 1. The molecule has 0 bridgehead atoms. The zero-order valence-corrected chi connectivity index (χ0v) is 13.0. The second kappa shape index (κ2) is 6.37. The molecule has 1 fully saturated rings. The van der Waals surface area contributed by atoms with Gasteiger partial charge in [0.05, 0.1) is 0 Å². The number of carbonyl (C=O) groups excluding carboxylic acids is 1. The van der Waals surface area contributed by atoms with Crippen LogP contribution in [0.25, 0.3) is 0 Å². The highest BCUT2D eigenvalue weighted by Crippen LogP contribution is 2.22. The molecular weight excluding hydrogens is 282 g/mol. The first-order valence-corrected chi connectivity index (χ1v) is 8.08. The van der Waals surface area contributed by atoms with E-state index in [4.69, 9.17) is 0 Å². The van der Waals surface area contributed by atoms with E-state index in [1.54, 1.807) is 18.3 Å². The van der Waals surface area contributed by atoms with Gasteiger partial charge in [-0.1, -0.05) is 30.3 Å². The van der Waals surface area contributed by atoms with Crippen molar-refractivity contribution < 1.29 is 4.79 Å². The first-order valence-electron chi connectivity index (χ1n) is 7.20. The lowest BCUT2D eigenvalue weighted by molar-refractivity contribution is 0.101. The number of carbonyl (C=O) groups is 1. The summed E-state index contributed by atoms with van der Waals surface area (Å²) in [5.41, 5.74) is 1.95. The molecule has 0 amide bonds. The van der Waals surface area contributed by atoms with Crippen LogP contribution in [0, 0.1) is 0 Å². The predicted octanol–water partition coefficient (Wildman–Crippen LogP) is 2.67. The van der Waals surface area contributed by atoms with Crippen molar-refractivity contribution >= 4 is 22.3 Å². The first kappa shape index (κ1) is 14.2. The van der Waals surface area contributed by atoms with Gasteiger partial charge in [0.2, 0.25) is 0 Å². The van der Waals surface area contributed by atoms with Gasteiger partial charge < -0.3 is 4.90 Å². The predicted molar refractivity (Wildman–Crippen MR) is 86.1 cm³/mol. The van der Waals surface area contributed by atoms with Crippen molar-refractivity contribution in [1.82, 2.24) is 9.88 Å². The van der Waals surface area contributed by atoms with Crippen LogP contribution in [0.5, 0.6) is 0 Å². The largest absolute Gasteiger partial charge is 0.346 e. The highest BCUT2D eigenvalue weighted by molar-refractivity contribution is 7.13. The third kappa shape index (κ3) is 3.49. The molecule has 1 aliphatic rings. The molecule has 1 aromatic heterocycles. The molecule has 5 heteroatoms. The number of thiazole rings is 1. The molecule has 0 aliphatic carbocycles. The Morgan fingerprint density at radius 1 is 1.19 bits per heavy atom. The van der Waals surface area contributed by atoms with Crippen LogP contribution in [0.2, 0.25) is 0 Å². The van der Waals surface area contributed by atoms with Crippen LogP contribution in [0.4, 0.5) is 5.13 Å². The molecule has 2 heterocycles. The average molecular weight is 301 g/mol. The van der Waals surface area contributed by atoms with E-state index in [0.717, 1.165) is 37.9 Å². The maximum absolute atomic E-state index is 11.3. The molecule has 0 N–H and O–H groups in total. The quantitative estimate of drug-likeness (QED) is 0.814. The van der Waals surface area contributed by atoms with Gasteiger partial charge >= 0.3 is 0 Å². The number of Topliss-reactive ketones (excluding diaryl/α,β-unsaturated/α-hetero) is 1. The van der Waals surface area contributed by atoms with E-state index in [9.17, 15) is 4.79 Å². The number of hydrogen-bond donors (Lipinski definition) is 0. The van der Waals surface area contributed by atoms with E-state index >= 15 is 0 Å². The number of piperazine rings is 1. The smallest absolute Gasteiger partial charge is 0.186 e. The molecule has 1 saturated heterocycles. The van der Waals surface area contributed by atoms with Crippen molar-refractivity contribution in [1.29, 1.82) is 0 Å². The lowest BCUT2D eigenvalue weighted by Crippen LogP contribution is -2.45. The Hall–Kier alpha value is -1.72. The zero-order valence-electron chi connectivity index (χ0n) is 12.2. The molecule has 0 unspecified atom stereocenters. The molecule has 1 aromatic carbocycles. The van der Waals surface area contributed by atoms with Crippen molar-refractivity contribution in [2.45, 2.75) is 13.5 Å².